The van der Waals surface area contributed by atoms with Crippen molar-refractivity contribution < 1.29 is 4.79 Å². The van der Waals surface area contributed by atoms with Crippen LogP contribution in [-0.2, 0) is 13.1 Å². The molecule has 2 N–H and O–H groups in total. The molecule has 0 spiro atoms. The summed E-state index contributed by atoms with van der Waals surface area (Å²) >= 11 is 5.82. The average molecular weight is 367 g/mol. The Morgan fingerprint density at radius 1 is 1.15 bits per heavy atom. The van der Waals surface area contributed by atoms with Crippen molar-refractivity contribution in [3.05, 3.63) is 69.6 Å². The first kappa shape index (κ1) is 17.5. The molecule has 0 fully saturated rings. The quantitative estimate of drug-likeness (QED) is 0.697. The maximum absolute atomic E-state index is 12.4. The summed E-state index contributed by atoms with van der Waals surface area (Å²) in [6, 6.07) is 13.4. The van der Waals surface area contributed by atoms with Crippen molar-refractivity contribution in [1.29, 1.82) is 0 Å². The molecule has 0 saturated carbocycles. The zero-order valence-corrected chi connectivity index (χ0v) is 14.5. The van der Waals surface area contributed by atoms with Gasteiger partial charge in [-0.3, -0.25) is 4.79 Å². The number of nitrogens with one attached hydrogen (secondary N) is 2. The molecule has 2 aromatic carbocycles. The number of amides is 2. The molecule has 0 aliphatic carbocycles. The lowest BCUT2D eigenvalue weighted by atomic mass is 10.1. The Kier molecular flexibility index (Phi) is 5.20. The molecule has 1 heterocycles. The number of aromatic nitrogens is 2. The van der Waals surface area contributed by atoms with E-state index in [1.54, 1.807) is 42.5 Å². The van der Waals surface area contributed by atoms with Crippen LogP contribution in [0.5, 0.6) is 0 Å². The fourth-order valence-electron chi connectivity index (χ4n) is 2.50. The molecule has 2 amide bonds. The summed E-state index contributed by atoms with van der Waals surface area (Å²) in [5.74, 6) is 2.41. The molecule has 1 aromatic heterocycles. The van der Waals surface area contributed by atoms with Gasteiger partial charge in [0.1, 0.15) is 6.54 Å². The summed E-state index contributed by atoms with van der Waals surface area (Å²) < 4.78 is 1.22. The van der Waals surface area contributed by atoms with Gasteiger partial charge in [-0.1, -0.05) is 35.7 Å². The number of halogens is 1. The van der Waals surface area contributed by atoms with E-state index in [9.17, 15) is 9.59 Å². The summed E-state index contributed by atoms with van der Waals surface area (Å²) in [6.07, 6.45) is 5.30. The lowest BCUT2D eigenvalue weighted by Gasteiger charge is -2.11. The van der Waals surface area contributed by atoms with Crippen LogP contribution in [0, 0.1) is 12.3 Å². The molecule has 0 radical (unpaired) electrons. The van der Waals surface area contributed by atoms with Crippen molar-refractivity contribution in [3.63, 3.8) is 0 Å². The highest BCUT2D eigenvalue weighted by atomic mass is 35.5. The SMILES string of the molecule is C#CCn1nc(CNC(=O)Nc2ccc(Cl)cc2)c2ccccc2c1=O. The van der Waals surface area contributed by atoms with E-state index >= 15 is 0 Å². The highest BCUT2D eigenvalue weighted by molar-refractivity contribution is 6.30. The predicted octanol–water partition coefficient (Wildman–Crippen LogP) is 3.00. The molecule has 0 saturated heterocycles. The van der Waals surface area contributed by atoms with Crippen molar-refractivity contribution >= 4 is 34.1 Å². The van der Waals surface area contributed by atoms with Gasteiger partial charge >= 0.3 is 6.03 Å². The van der Waals surface area contributed by atoms with Crippen molar-refractivity contribution in [3.8, 4) is 12.3 Å². The Bertz CT molecular complexity index is 1050. The molecule has 0 aliphatic heterocycles. The second-order valence-corrected chi connectivity index (χ2v) is 5.91. The maximum Gasteiger partial charge on any atom is 0.319 e. The van der Waals surface area contributed by atoms with Gasteiger partial charge in [0.15, 0.2) is 0 Å². The number of hydrogen-bond acceptors (Lipinski definition) is 3. The maximum atomic E-state index is 12.4. The van der Waals surface area contributed by atoms with Crippen molar-refractivity contribution in [2.24, 2.45) is 0 Å². The topological polar surface area (TPSA) is 76.0 Å². The van der Waals surface area contributed by atoms with Crippen molar-refractivity contribution in [2.45, 2.75) is 13.1 Å². The second kappa shape index (κ2) is 7.72. The van der Waals surface area contributed by atoms with E-state index in [0.29, 0.717) is 27.2 Å². The van der Waals surface area contributed by atoms with Gasteiger partial charge in [-0.05, 0) is 30.3 Å². The number of urea groups is 1. The Morgan fingerprint density at radius 2 is 1.85 bits per heavy atom. The number of benzene rings is 2. The lowest BCUT2D eigenvalue weighted by molar-refractivity contribution is 0.251. The second-order valence-electron chi connectivity index (χ2n) is 5.47. The molecular weight excluding hydrogens is 352 g/mol. The van der Waals surface area contributed by atoms with Gasteiger partial charge in [0.2, 0.25) is 0 Å². The fraction of sp³-hybridized carbons (Fsp3) is 0.105. The van der Waals surface area contributed by atoms with E-state index < -0.39 is 6.03 Å². The van der Waals surface area contributed by atoms with Crippen LogP contribution in [0.3, 0.4) is 0 Å². The Morgan fingerprint density at radius 3 is 2.54 bits per heavy atom. The largest absolute Gasteiger partial charge is 0.332 e. The van der Waals surface area contributed by atoms with Crippen molar-refractivity contribution in [2.75, 3.05) is 5.32 Å². The zero-order valence-electron chi connectivity index (χ0n) is 13.7. The Hall–Kier alpha value is -3.30. The van der Waals surface area contributed by atoms with Gasteiger partial charge in [0, 0.05) is 16.1 Å². The van der Waals surface area contributed by atoms with Gasteiger partial charge in [0.25, 0.3) is 5.56 Å². The van der Waals surface area contributed by atoms with E-state index in [-0.39, 0.29) is 18.6 Å². The summed E-state index contributed by atoms with van der Waals surface area (Å²) in [5, 5.41) is 11.5. The fourth-order valence-corrected chi connectivity index (χ4v) is 2.63. The molecule has 6 nitrogen and oxygen atoms in total. The van der Waals surface area contributed by atoms with E-state index in [0.717, 1.165) is 0 Å². The number of hydrogen-bond donors (Lipinski definition) is 2. The van der Waals surface area contributed by atoms with Gasteiger partial charge < -0.3 is 10.6 Å². The normalized spacial score (nSPS) is 10.3. The van der Waals surface area contributed by atoms with Crippen LogP contribution in [0.4, 0.5) is 10.5 Å². The zero-order chi connectivity index (χ0) is 18.5. The Labute approximate surface area is 154 Å². The number of terminal acetylenes is 1. The molecule has 0 unspecified atom stereocenters. The smallest absolute Gasteiger partial charge is 0.319 e. The number of nitrogens with zero attached hydrogens (tertiary/aromatic N) is 2. The summed E-state index contributed by atoms with van der Waals surface area (Å²) in [6.45, 7) is 0.207. The van der Waals surface area contributed by atoms with Gasteiger partial charge in [-0.15, -0.1) is 6.42 Å². The standard InChI is InChI=1S/C19H15ClN4O2/c1-2-11-24-18(25)16-6-4-3-5-15(16)17(23-24)12-21-19(26)22-14-9-7-13(20)8-10-14/h1,3-10H,11-12H2,(H2,21,22,26). The highest BCUT2D eigenvalue weighted by Gasteiger charge is 2.11. The van der Waals surface area contributed by atoms with Gasteiger partial charge in [0.05, 0.1) is 17.6 Å². The minimum atomic E-state index is -0.395. The average Bonchev–Trinajstić information content (AvgIpc) is 2.65. The van der Waals surface area contributed by atoms with Crippen LogP contribution in [0.1, 0.15) is 5.69 Å². The number of fused-ring (bicyclic) bond motifs is 1. The van der Waals surface area contributed by atoms with E-state index in [1.807, 2.05) is 6.07 Å². The molecule has 26 heavy (non-hydrogen) atoms. The first-order valence-electron chi connectivity index (χ1n) is 7.81. The first-order chi connectivity index (χ1) is 12.6. The van der Waals surface area contributed by atoms with E-state index in [4.69, 9.17) is 18.0 Å². The number of carbonyl (C=O) groups excluding carboxylic acids is 1. The minimum Gasteiger partial charge on any atom is -0.332 e. The minimum absolute atomic E-state index is 0.0631. The van der Waals surface area contributed by atoms with Crippen LogP contribution in [-0.4, -0.2) is 15.8 Å². The summed E-state index contributed by atoms with van der Waals surface area (Å²) in [7, 11) is 0. The third-order valence-corrected chi connectivity index (χ3v) is 3.96. The third-order valence-electron chi connectivity index (χ3n) is 3.70. The van der Waals surface area contributed by atoms with E-state index in [1.165, 1.54) is 4.68 Å². The monoisotopic (exact) mass is 366 g/mol. The Balaban J connectivity index is 1.81. The number of carbonyl (C=O) groups is 1. The van der Waals surface area contributed by atoms with Crippen molar-refractivity contribution in [1.82, 2.24) is 15.1 Å². The summed E-state index contributed by atoms with van der Waals surface area (Å²) in [4.78, 5) is 24.5. The third kappa shape index (κ3) is 3.85. The van der Waals surface area contributed by atoms with Gasteiger partial charge in [-0.25, -0.2) is 9.48 Å². The highest BCUT2D eigenvalue weighted by Crippen LogP contribution is 2.14. The molecule has 3 rings (SSSR count). The molecular formula is C19H15ClN4O2. The number of rotatable bonds is 4. The molecule has 0 bridgehead atoms. The molecule has 0 atom stereocenters. The molecule has 7 heteroatoms. The lowest BCUT2D eigenvalue weighted by Crippen LogP contribution is -2.31. The number of anilines is 1. The summed E-state index contributed by atoms with van der Waals surface area (Å²) in [5.41, 5.74) is 0.914. The van der Waals surface area contributed by atoms with Crippen LogP contribution in [0.25, 0.3) is 10.8 Å². The van der Waals surface area contributed by atoms with Crippen LogP contribution in [0.15, 0.2) is 53.3 Å². The predicted molar refractivity (Wildman–Crippen MR) is 102 cm³/mol. The molecule has 0 aliphatic rings. The van der Waals surface area contributed by atoms with Crippen LogP contribution >= 0.6 is 11.6 Å². The van der Waals surface area contributed by atoms with Gasteiger partial charge in [-0.2, -0.15) is 5.10 Å². The van der Waals surface area contributed by atoms with Crippen LogP contribution < -0.4 is 16.2 Å². The van der Waals surface area contributed by atoms with E-state index in [2.05, 4.69) is 21.7 Å². The van der Waals surface area contributed by atoms with Crippen LogP contribution in [0.2, 0.25) is 5.02 Å². The molecule has 130 valence electrons. The first-order valence-corrected chi connectivity index (χ1v) is 8.19. The molecule has 3 aromatic rings.